The molecule has 22 heavy (non-hydrogen) atoms. The number of carboxylic acids is 1. The Morgan fingerprint density at radius 2 is 1.82 bits per heavy atom. The summed E-state index contributed by atoms with van der Waals surface area (Å²) in [5, 5.41) is 9.15. The average Bonchev–Trinajstić information content (AvgIpc) is 2.52. The van der Waals surface area contributed by atoms with Crippen LogP contribution in [0.3, 0.4) is 0 Å². The van der Waals surface area contributed by atoms with E-state index in [4.69, 9.17) is 9.84 Å². The maximum Gasteiger partial charge on any atom is 0.335 e. The van der Waals surface area contributed by atoms with Crippen LogP contribution in [-0.4, -0.2) is 17.7 Å². The molecule has 0 bridgehead atoms. The molecule has 2 aromatic rings. The summed E-state index contributed by atoms with van der Waals surface area (Å²) < 4.78 is 5.60. The third-order valence-corrected chi connectivity index (χ3v) is 3.56. The number of carbonyl (C=O) groups is 1. The lowest BCUT2D eigenvalue weighted by Gasteiger charge is -2.14. The molecule has 0 saturated heterocycles. The first-order valence-electron chi connectivity index (χ1n) is 7.63. The van der Waals surface area contributed by atoms with Crippen LogP contribution in [0.2, 0.25) is 0 Å². The molecule has 3 heteroatoms. The van der Waals surface area contributed by atoms with Crippen molar-refractivity contribution in [2.45, 2.75) is 33.1 Å². The van der Waals surface area contributed by atoms with Crippen molar-refractivity contribution in [3.63, 3.8) is 0 Å². The Labute approximate surface area is 131 Å². The smallest absolute Gasteiger partial charge is 0.335 e. The van der Waals surface area contributed by atoms with Gasteiger partial charge >= 0.3 is 5.97 Å². The van der Waals surface area contributed by atoms with Crippen molar-refractivity contribution in [3.8, 4) is 16.9 Å². The first-order chi connectivity index (χ1) is 10.5. The molecule has 0 spiro atoms. The van der Waals surface area contributed by atoms with Gasteiger partial charge in [0.25, 0.3) is 0 Å². The minimum atomic E-state index is -0.892. The number of aromatic carboxylic acids is 1. The summed E-state index contributed by atoms with van der Waals surface area (Å²) in [5.74, 6) is 0.223. The average molecular weight is 298 g/mol. The third kappa shape index (κ3) is 3.67. The fourth-order valence-corrected chi connectivity index (χ4v) is 2.39. The van der Waals surface area contributed by atoms with Gasteiger partial charge in [-0.3, -0.25) is 0 Å². The predicted octanol–water partition coefficient (Wildman–Crippen LogP) is 4.96. The van der Waals surface area contributed by atoms with Crippen LogP contribution in [0.4, 0.5) is 0 Å². The fraction of sp³-hybridized carbons (Fsp3) is 0.316. The fourth-order valence-electron chi connectivity index (χ4n) is 2.39. The summed E-state index contributed by atoms with van der Waals surface area (Å²) >= 11 is 0. The number of hydrogen-bond acceptors (Lipinski definition) is 2. The highest BCUT2D eigenvalue weighted by atomic mass is 16.5. The minimum absolute atomic E-state index is 0.255. The lowest BCUT2D eigenvalue weighted by Crippen LogP contribution is -2.00. The van der Waals surface area contributed by atoms with Gasteiger partial charge in [0.1, 0.15) is 5.75 Å². The molecule has 0 heterocycles. The molecular weight excluding hydrogens is 276 g/mol. The van der Waals surface area contributed by atoms with Gasteiger partial charge in [-0.1, -0.05) is 39.0 Å². The molecule has 0 fully saturated rings. The molecule has 0 unspecified atom stereocenters. The zero-order chi connectivity index (χ0) is 16.1. The van der Waals surface area contributed by atoms with Crippen LogP contribution in [0.1, 0.15) is 49.0 Å². The van der Waals surface area contributed by atoms with Gasteiger partial charge in [-0.2, -0.15) is 0 Å². The molecule has 0 radical (unpaired) electrons. The van der Waals surface area contributed by atoms with E-state index in [-0.39, 0.29) is 5.92 Å². The minimum Gasteiger partial charge on any atom is -0.494 e. The summed E-state index contributed by atoms with van der Waals surface area (Å²) in [6.45, 7) is 6.93. The van der Waals surface area contributed by atoms with Gasteiger partial charge in [0.15, 0.2) is 0 Å². The largest absolute Gasteiger partial charge is 0.494 e. The third-order valence-electron chi connectivity index (χ3n) is 3.56. The van der Waals surface area contributed by atoms with Gasteiger partial charge in [0, 0.05) is 0 Å². The Morgan fingerprint density at radius 1 is 1.14 bits per heavy atom. The molecule has 0 amide bonds. The van der Waals surface area contributed by atoms with Gasteiger partial charge in [0.2, 0.25) is 0 Å². The van der Waals surface area contributed by atoms with Gasteiger partial charge in [-0.15, -0.1) is 0 Å². The maximum absolute atomic E-state index is 11.2. The quantitative estimate of drug-likeness (QED) is 0.819. The predicted molar refractivity (Wildman–Crippen MR) is 88.7 cm³/mol. The van der Waals surface area contributed by atoms with Crippen molar-refractivity contribution >= 4 is 5.97 Å². The highest BCUT2D eigenvalue weighted by molar-refractivity contribution is 5.89. The van der Waals surface area contributed by atoms with Crippen LogP contribution >= 0.6 is 0 Å². The van der Waals surface area contributed by atoms with E-state index >= 15 is 0 Å². The molecule has 3 nitrogen and oxygen atoms in total. The van der Waals surface area contributed by atoms with Crippen molar-refractivity contribution in [2.75, 3.05) is 6.61 Å². The molecule has 0 aliphatic carbocycles. The molecule has 2 rings (SSSR count). The zero-order valence-corrected chi connectivity index (χ0v) is 13.3. The molecule has 1 N–H and O–H groups in total. The molecule has 0 aliphatic rings. The molecular formula is C19H22O3. The second kappa shape index (κ2) is 7.12. The van der Waals surface area contributed by atoms with Crippen molar-refractivity contribution < 1.29 is 14.6 Å². The van der Waals surface area contributed by atoms with E-state index in [2.05, 4.69) is 20.8 Å². The van der Waals surface area contributed by atoms with Crippen LogP contribution in [0.25, 0.3) is 11.1 Å². The van der Waals surface area contributed by atoms with Crippen molar-refractivity contribution in [1.82, 2.24) is 0 Å². The number of benzene rings is 2. The van der Waals surface area contributed by atoms with Crippen molar-refractivity contribution in [1.29, 1.82) is 0 Å². The summed E-state index contributed by atoms with van der Waals surface area (Å²) in [7, 11) is 0. The normalized spacial score (nSPS) is 10.7. The van der Waals surface area contributed by atoms with E-state index < -0.39 is 5.97 Å². The molecule has 116 valence electrons. The molecule has 0 saturated carbocycles. The van der Waals surface area contributed by atoms with Crippen molar-refractivity contribution in [3.05, 3.63) is 53.6 Å². The van der Waals surface area contributed by atoms with E-state index in [1.165, 1.54) is 0 Å². The first kappa shape index (κ1) is 16.1. The topological polar surface area (TPSA) is 46.5 Å². The summed E-state index contributed by atoms with van der Waals surface area (Å²) in [4.78, 5) is 11.2. The Kier molecular flexibility index (Phi) is 5.21. The Balaban J connectivity index is 2.37. The first-order valence-corrected chi connectivity index (χ1v) is 7.63. The lowest BCUT2D eigenvalue weighted by atomic mass is 9.91. The Bertz CT molecular complexity index is 642. The highest BCUT2D eigenvalue weighted by Crippen LogP contribution is 2.31. The van der Waals surface area contributed by atoms with Gasteiger partial charge in [-0.05, 0) is 53.3 Å². The van der Waals surface area contributed by atoms with Gasteiger partial charge < -0.3 is 9.84 Å². The second-order valence-corrected chi connectivity index (χ2v) is 5.63. The van der Waals surface area contributed by atoms with Gasteiger partial charge in [-0.25, -0.2) is 4.79 Å². The van der Waals surface area contributed by atoms with Crippen LogP contribution in [0.5, 0.6) is 5.75 Å². The monoisotopic (exact) mass is 298 g/mol. The SMILES string of the molecule is CCCOc1ccc(-c2ccc(C(=O)O)cc2C(C)C)cc1. The van der Waals surface area contributed by atoms with Crippen LogP contribution in [-0.2, 0) is 0 Å². The maximum atomic E-state index is 11.2. The highest BCUT2D eigenvalue weighted by Gasteiger charge is 2.12. The van der Waals surface area contributed by atoms with Crippen LogP contribution in [0, 0.1) is 0 Å². The van der Waals surface area contributed by atoms with Crippen molar-refractivity contribution in [2.24, 2.45) is 0 Å². The van der Waals surface area contributed by atoms with E-state index in [0.29, 0.717) is 12.2 Å². The zero-order valence-electron chi connectivity index (χ0n) is 13.3. The Morgan fingerprint density at radius 3 is 2.36 bits per heavy atom. The van der Waals surface area contributed by atoms with E-state index in [9.17, 15) is 4.79 Å². The van der Waals surface area contributed by atoms with Crippen LogP contribution in [0.15, 0.2) is 42.5 Å². The second-order valence-electron chi connectivity index (χ2n) is 5.63. The number of rotatable bonds is 6. The summed E-state index contributed by atoms with van der Waals surface area (Å²) in [6, 6.07) is 13.3. The lowest BCUT2D eigenvalue weighted by molar-refractivity contribution is 0.0697. The van der Waals surface area contributed by atoms with E-state index in [1.807, 2.05) is 30.3 Å². The van der Waals surface area contributed by atoms with Crippen LogP contribution < -0.4 is 4.74 Å². The standard InChI is InChI=1S/C19H22O3/c1-4-11-22-16-8-5-14(6-9-16)17-10-7-15(19(20)21)12-18(17)13(2)3/h5-10,12-13H,4,11H2,1-3H3,(H,20,21). The van der Waals surface area contributed by atoms with Gasteiger partial charge in [0.05, 0.1) is 12.2 Å². The number of carboxylic acid groups (broad SMARTS) is 1. The molecule has 0 atom stereocenters. The molecule has 2 aromatic carbocycles. The number of ether oxygens (including phenoxy) is 1. The summed E-state index contributed by atoms with van der Waals surface area (Å²) in [5.41, 5.74) is 3.52. The Hall–Kier alpha value is -2.29. The number of hydrogen-bond donors (Lipinski definition) is 1. The molecule has 0 aromatic heterocycles. The summed E-state index contributed by atoms with van der Waals surface area (Å²) in [6.07, 6.45) is 0.982. The molecule has 0 aliphatic heterocycles. The van der Waals surface area contributed by atoms with E-state index in [1.54, 1.807) is 12.1 Å². The van der Waals surface area contributed by atoms with E-state index in [0.717, 1.165) is 28.9 Å².